The monoisotopic (exact) mass is 275 g/mol. The van der Waals surface area contributed by atoms with Gasteiger partial charge in [-0.2, -0.15) is 0 Å². The number of rotatable bonds is 5. The van der Waals surface area contributed by atoms with E-state index in [9.17, 15) is 14.0 Å². The van der Waals surface area contributed by atoms with E-state index in [4.69, 9.17) is 5.73 Å². The van der Waals surface area contributed by atoms with Crippen LogP contribution in [0.3, 0.4) is 0 Å². The lowest BCUT2D eigenvalue weighted by Crippen LogP contribution is -2.39. The summed E-state index contributed by atoms with van der Waals surface area (Å²) < 4.78 is 13.2. The number of amides is 2. The predicted octanol–water partition coefficient (Wildman–Crippen LogP) is -0.0614. The molecule has 0 aliphatic rings. The first-order chi connectivity index (χ1) is 8.13. The van der Waals surface area contributed by atoms with Gasteiger partial charge in [0.2, 0.25) is 11.8 Å². The number of carbonyl (C=O) groups is 2. The summed E-state index contributed by atoms with van der Waals surface area (Å²) in [4.78, 5) is 22.0. The van der Waals surface area contributed by atoms with Gasteiger partial charge in [0, 0.05) is 12.1 Å². The minimum Gasteiger partial charge on any atom is -0.350 e. The van der Waals surface area contributed by atoms with E-state index in [-0.39, 0.29) is 37.9 Å². The standard InChI is InChI=1S/C11H14FN3O2.ClH/c12-9-4-2-1-3-8(9)6-14-11(17)7-15-10(16)5-13;/h1-4H,5-7,13H2,(H,14,17)(H,15,16);1H. The summed E-state index contributed by atoms with van der Waals surface area (Å²) in [5.41, 5.74) is 5.44. The molecule has 1 aromatic carbocycles. The highest BCUT2D eigenvalue weighted by molar-refractivity contribution is 5.85. The zero-order valence-corrected chi connectivity index (χ0v) is 10.4. The van der Waals surface area contributed by atoms with Gasteiger partial charge in [-0.25, -0.2) is 4.39 Å². The highest BCUT2D eigenvalue weighted by atomic mass is 35.5. The van der Waals surface area contributed by atoms with Crippen molar-refractivity contribution in [2.24, 2.45) is 5.73 Å². The molecule has 0 saturated heterocycles. The van der Waals surface area contributed by atoms with E-state index in [0.717, 1.165) is 0 Å². The molecule has 0 heterocycles. The van der Waals surface area contributed by atoms with Crippen LogP contribution in [-0.2, 0) is 16.1 Å². The van der Waals surface area contributed by atoms with Crippen molar-refractivity contribution < 1.29 is 14.0 Å². The highest BCUT2D eigenvalue weighted by Gasteiger charge is 2.05. The molecule has 0 aliphatic heterocycles. The average molecular weight is 276 g/mol. The minimum atomic E-state index is -0.411. The molecule has 0 atom stereocenters. The Morgan fingerprint density at radius 3 is 2.44 bits per heavy atom. The normalized spacial score (nSPS) is 9.22. The van der Waals surface area contributed by atoms with Crippen molar-refractivity contribution in [3.05, 3.63) is 35.6 Å². The molecular weight excluding hydrogens is 261 g/mol. The molecule has 0 aromatic heterocycles. The second kappa shape index (κ2) is 8.43. The molecule has 0 fully saturated rings. The van der Waals surface area contributed by atoms with Crippen LogP contribution in [0.1, 0.15) is 5.56 Å². The third kappa shape index (κ3) is 5.60. The number of carbonyl (C=O) groups excluding carboxylic acids is 2. The number of nitrogens with two attached hydrogens (primary N) is 1. The minimum absolute atomic E-state index is 0. The van der Waals surface area contributed by atoms with Crippen molar-refractivity contribution in [1.82, 2.24) is 10.6 Å². The summed E-state index contributed by atoms with van der Waals surface area (Å²) in [6.07, 6.45) is 0. The fourth-order valence-corrected chi connectivity index (χ4v) is 1.15. The lowest BCUT2D eigenvalue weighted by atomic mass is 10.2. The number of nitrogens with one attached hydrogen (secondary N) is 2. The largest absolute Gasteiger partial charge is 0.350 e. The smallest absolute Gasteiger partial charge is 0.239 e. The Morgan fingerprint density at radius 1 is 1.17 bits per heavy atom. The van der Waals surface area contributed by atoms with E-state index < -0.39 is 11.8 Å². The summed E-state index contributed by atoms with van der Waals surface area (Å²) in [5.74, 6) is -1.18. The Balaban J connectivity index is 0.00000289. The van der Waals surface area contributed by atoms with Crippen molar-refractivity contribution in [3.63, 3.8) is 0 Å². The molecule has 100 valence electrons. The maximum absolute atomic E-state index is 13.2. The molecule has 0 unspecified atom stereocenters. The molecule has 0 spiro atoms. The molecular formula is C11H15ClFN3O2. The Bertz CT molecular complexity index is 415. The Morgan fingerprint density at radius 2 is 1.83 bits per heavy atom. The first-order valence-corrected chi connectivity index (χ1v) is 5.10. The first-order valence-electron chi connectivity index (χ1n) is 5.10. The van der Waals surface area contributed by atoms with E-state index in [0.29, 0.717) is 5.56 Å². The zero-order valence-electron chi connectivity index (χ0n) is 9.61. The quantitative estimate of drug-likeness (QED) is 0.704. The Kier molecular flexibility index (Phi) is 7.66. The van der Waals surface area contributed by atoms with Crippen LogP contribution in [-0.4, -0.2) is 24.9 Å². The molecule has 0 aliphatic carbocycles. The van der Waals surface area contributed by atoms with Crippen LogP contribution < -0.4 is 16.4 Å². The van der Waals surface area contributed by atoms with Crippen molar-refractivity contribution >= 4 is 24.2 Å². The van der Waals surface area contributed by atoms with Gasteiger partial charge in [0.15, 0.2) is 0 Å². The molecule has 1 rings (SSSR count). The number of benzene rings is 1. The average Bonchev–Trinajstić information content (AvgIpc) is 2.35. The van der Waals surface area contributed by atoms with Gasteiger partial charge in [0.25, 0.3) is 0 Å². The van der Waals surface area contributed by atoms with Gasteiger partial charge in [0.05, 0.1) is 13.1 Å². The van der Waals surface area contributed by atoms with Crippen LogP contribution in [0.5, 0.6) is 0 Å². The van der Waals surface area contributed by atoms with Gasteiger partial charge in [-0.3, -0.25) is 9.59 Å². The Hall–Kier alpha value is -1.66. The van der Waals surface area contributed by atoms with Crippen LogP contribution in [0.25, 0.3) is 0 Å². The van der Waals surface area contributed by atoms with Gasteiger partial charge in [-0.05, 0) is 6.07 Å². The van der Waals surface area contributed by atoms with Crippen LogP contribution in [0.2, 0.25) is 0 Å². The van der Waals surface area contributed by atoms with Crippen molar-refractivity contribution in [2.75, 3.05) is 13.1 Å². The van der Waals surface area contributed by atoms with Crippen molar-refractivity contribution in [3.8, 4) is 0 Å². The summed E-state index contributed by atoms with van der Waals surface area (Å²) in [6.45, 7) is -0.241. The van der Waals surface area contributed by atoms with E-state index >= 15 is 0 Å². The number of halogens is 2. The van der Waals surface area contributed by atoms with Crippen molar-refractivity contribution in [1.29, 1.82) is 0 Å². The summed E-state index contributed by atoms with van der Waals surface area (Å²) in [5, 5.41) is 4.80. The van der Waals surface area contributed by atoms with Crippen molar-refractivity contribution in [2.45, 2.75) is 6.54 Å². The number of hydrogen-bond donors (Lipinski definition) is 3. The van der Waals surface area contributed by atoms with Gasteiger partial charge < -0.3 is 16.4 Å². The highest BCUT2D eigenvalue weighted by Crippen LogP contribution is 2.04. The number of hydrogen-bond acceptors (Lipinski definition) is 3. The lowest BCUT2D eigenvalue weighted by Gasteiger charge is -2.06. The van der Waals surface area contributed by atoms with Gasteiger partial charge in [0.1, 0.15) is 5.82 Å². The molecule has 1 aromatic rings. The van der Waals surface area contributed by atoms with Gasteiger partial charge in [-0.1, -0.05) is 18.2 Å². The maximum Gasteiger partial charge on any atom is 0.239 e. The summed E-state index contributed by atoms with van der Waals surface area (Å²) in [6, 6.07) is 6.15. The Labute approximate surface area is 110 Å². The van der Waals surface area contributed by atoms with Crippen LogP contribution in [0, 0.1) is 5.82 Å². The molecule has 4 N–H and O–H groups in total. The summed E-state index contributed by atoms with van der Waals surface area (Å²) in [7, 11) is 0. The molecule has 5 nitrogen and oxygen atoms in total. The third-order valence-corrected chi connectivity index (χ3v) is 2.07. The third-order valence-electron chi connectivity index (χ3n) is 2.07. The molecule has 0 radical (unpaired) electrons. The van der Waals surface area contributed by atoms with Gasteiger partial charge >= 0.3 is 0 Å². The van der Waals surface area contributed by atoms with E-state index in [1.807, 2.05) is 0 Å². The van der Waals surface area contributed by atoms with Gasteiger partial charge in [-0.15, -0.1) is 12.4 Å². The maximum atomic E-state index is 13.2. The molecule has 0 bridgehead atoms. The lowest BCUT2D eigenvalue weighted by molar-refractivity contribution is -0.125. The molecule has 0 saturated carbocycles. The van der Waals surface area contributed by atoms with Crippen LogP contribution in [0.15, 0.2) is 24.3 Å². The van der Waals surface area contributed by atoms with Crippen LogP contribution >= 0.6 is 12.4 Å². The molecule has 7 heteroatoms. The SMILES string of the molecule is Cl.NCC(=O)NCC(=O)NCc1ccccc1F. The zero-order chi connectivity index (χ0) is 12.7. The summed E-state index contributed by atoms with van der Waals surface area (Å²) >= 11 is 0. The molecule has 2 amide bonds. The first kappa shape index (κ1) is 16.3. The second-order valence-electron chi connectivity index (χ2n) is 3.35. The van der Waals surface area contributed by atoms with Crippen LogP contribution in [0.4, 0.5) is 4.39 Å². The van der Waals surface area contributed by atoms with E-state index in [1.54, 1.807) is 18.2 Å². The van der Waals surface area contributed by atoms with E-state index in [1.165, 1.54) is 6.07 Å². The predicted molar refractivity (Wildman–Crippen MR) is 67.6 cm³/mol. The fraction of sp³-hybridized carbons (Fsp3) is 0.273. The second-order valence-corrected chi connectivity index (χ2v) is 3.35. The topological polar surface area (TPSA) is 84.2 Å². The van der Waals surface area contributed by atoms with E-state index in [2.05, 4.69) is 10.6 Å². The molecule has 18 heavy (non-hydrogen) atoms. The fourth-order valence-electron chi connectivity index (χ4n) is 1.15.